The molecule has 0 aliphatic carbocycles. The minimum atomic E-state index is -3.13. The lowest BCUT2D eigenvalue weighted by Gasteiger charge is -2.33. The van der Waals surface area contributed by atoms with Crippen LogP contribution in [0.25, 0.3) is 0 Å². The highest BCUT2D eigenvalue weighted by Gasteiger charge is 2.24. The van der Waals surface area contributed by atoms with E-state index in [0.717, 1.165) is 0 Å². The van der Waals surface area contributed by atoms with Crippen molar-refractivity contribution in [3.05, 3.63) is 34.6 Å². The SMILES string of the molecule is CS(=O)(=O)N1CCN(Cc2c(F)cccc2Cl)CC1. The van der Waals surface area contributed by atoms with Crippen LogP contribution >= 0.6 is 11.6 Å². The number of hydrogen-bond donors (Lipinski definition) is 0. The van der Waals surface area contributed by atoms with Crippen molar-refractivity contribution in [1.82, 2.24) is 9.21 Å². The molecule has 106 valence electrons. The van der Waals surface area contributed by atoms with E-state index in [-0.39, 0.29) is 5.82 Å². The third kappa shape index (κ3) is 3.66. The molecule has 0 spiro atoms. The second-order valence-corrected chi connectivity index (χ2v) is 7.03. The first-order valence-corrected chi connectivity index (χ1v) is 8.21. The zero-order chi connectivity index (χ0) is 14.0. The van der Waals surface area contributed by atoms with Crippen LogP contribution in [0.1, 0.15) is 5.56 Å². The van der Waals surface area contributed by atoms with Gasteiger partial charge in [0.15, 0.2) is 0 Å². The summed E-state index contributed by atoms with van der Waals surface area (Å²) in [4.78, 5) is 2.01. The maximum Gasteiger partial charge on any atom is 0.211 e. The van der Waals surface area contributed by atoms with Crippen LogP contribution in [0.3, 0.4) is 0 Å². The molecule has 1 aliphatic rings. The van der Waals surface area contributed by atoms with Crippen molar-refractivity contribution in [2.24, 2.45) is 0 Å². The van der Waals surface area contributed by atoms with Crippen LogP contribution in [0.4, 0.5) is 4.39 Å². The van der Waals surface area contributed by atoms with Crippen molar-refractivity contribution < 1.29 is 12.8 Å². The Bertz CT molecular complexity index is 537. The Morgan fingerprint density at radius 3 is 2.42 bits per heavy atom. The molecule has 19 heavy (non-hydrogen) atoms. The van der Waals surface area contributed by atoms with Crippen molar-refractivity contribution in [2.75, 3.05) is 32.4 Å². The van der Waals surface area contributed by atoms with E-state index >= 15 is 0 Å². The first-order valence-electron chi connectivity index (χ1n) is 5.98. The van der Waals surface area contributed by atoms with E-state index in [0.29, 0.717) is 43.3 Å². The first-order chi connectivity index (χ1) is 8.88. The maximum atomic E-state index is 13.7. The Hall–Kier alpha value is -0.690. The number of nitrogens with zero attached hydrogens (tertiary/aromatic N) is 2. The molecule has 0 N–H and O–H groups in total. The third-order valence-corrected chi connectivity index (χ3v) is 4.90. The average molecular weight is 307 g/mol. The van der Waals surface area contributed by atoms with Gasteiger partial charge in [0, 0.05) is 43.3 Å². The van der Waals surface area contributed by atoms with Gasteiger partial charge in [-0.3, -0.25) is 4.90 Å². The van der Waals surface area contributed by atoms with Gasteiger partial charge in [0.05, 0.1) is 6.26 Å². The molecule has 1 aliphatic heterocycles. The number of sulfonamides is 1. The number of hydrogen-bond acceptors (Lipinski definition) is 3. The summed E-state index contributed by atoms with van der Waals surface area (Å²) in [6.07, 6.45) is 1.20. The molecule has 2 rings (SSSR count). The molecule has 1 heterocycles. The molecule has 0 bridgehead atoms. The molecule has 0 aromatic heterocycles. The Morgan fingerprint density at radius 2 is 1.89 bits per heavy atom. The standard InChI is InChI=1S/C12H16ClFN2O2S/c1-19(17,18)16-7-5-15(6-8-16)9-10-11(13)3-2-4-12(10)14/h2-4H,5-9H2,1H3. The van der Waals surface area contributed by atoms with Gasteiger partial charge in [0.1, 0.15) is 5.82 Å². The molecule has 7 heteroatoms. The second-order valence-electron chi connectivity index (χ2n) is 4.64. The van der Waals surface area contributed by atoms with Crippen molar-refractivity contribution in [3.63, 3.8) is 0 Å². The quantitative estimate of drug-likeness (QED) is 0.851. The molecule has 1 aromatic carbocycles. The summed E-state index contributed by atoms with van der Waals surface area (Å²) < 4.78 is 37.9. The van der Waals surface area contributed by atoms with Crippen LogP contribution in [0.5, 0.6) is 0 Å². The number of benzene rings is 1. The van der Waals surface area contributed by atoms with E-state index in [4.69, 9.17) is 11.6 Å². The first kappa shape index (κ1) is 14.7. The van der Waals surface area contributed by atoms with E-state index in [1.54, 1.807) is 12.1 Å². The highest BCUT2D eigenvalue weighted by atomic mass is 35.5. The fourth-order valence-corrected chi connectivity index (χ4v) is 3.18. The average Bonchev–Trinajstić information content (AvgIpc) is 2.33. The smallest absolute Gasteiger partial charge is 0.211 e. The largest absolute Gasteiger partial charge is 0.296 e. The summed E-state index contributed by atoms with van der Waals surface area (Å²) in [6.45, 7) is 2.44. The molecule has 0 atom stereocenters. The van der Waals surface area contributed by atoms with Crippen LogP contribution in [0, 0.1) is 5.82 Å². The van der Waals surface area contributed by atoms with Crippen LogP contribution < -0.4 is 0 Å². The minimum Gasteiger partial charge on any atom is -0.296 e. The monoisotopic (exact) mass is 306 g/mol. The van der Waals surface area contributed by atoms with E-state index < -0.39 is 10.0 Å². The lowest BCUT2D eigenvalue weighted by Crippen LogP contribution is -2.47. The lowest BCUT2D eigenvalue weighted by molar-refractivity contribution is 0.180. The molecule has 1 fully saturated rings. The van der Waals surface area contributed by atoms with E-state index in [9.17, 15) is 12.8 Å². The summed E-state index contributed by atoms with van der Waals surface area (Å²) in [5, 5.41) is 0.408. The van der Waals surface area contributed by atoms with Gasteiger partial charge in [-0.1, -0.05) is 17.7 Å². The van der Waals surface area contributed by atoms with E-state index in [1.807, 2.05) is 4.90 Å². The summed E-state index contributed by atoms with van der Waals surface area (Å²) in [7, 11) is -3.13. The molecule has 1 saturated heterocycles. The van der Waals surface area contributed by atoms with Gasteiger partial charge in [-0.05, 0) is 12.1 Å². The lowest BCUT2D eigenvalue weighted by atomic mass is 10.2. The van der Waals surface area contributed by atoms with Gasteiger partial charge in [-0.25, -0.2) is 12.8 Å². The molecule has 0 radical (unpaired) electrons. The highest BCUT2D eigenvalue weighted by molar-refractivity contribution is 7.88. The molecule has 1 aromatic rings. The summed E-state index contributed by atoms with van der Waals surface area (Å²) in [6, 6.07) is 4.61. The highest BCUT2D eigenvalue weighted by Crippen LogP contribution is 2.21. The van der Waals surface area contributed by atoms with Crippen LogP contribution in [-0.2, 0) is 16.6 Å². The number of rotatable bonds is 3. The van der Waals surface area contributed by atoms with Gasteiger partial charge in [0.25, 0.3) is 0 Å². The van der Waals surface area contributed by atoms with Crippen molar-refractivity contribution >= 4 is 21.6 Å². The van der Waals surface area contributed by atoms with Gasteiger partial charge < -0.3 is 0 Å². The molecule has 4 nitrogen and oxygen atoms in total. The van der Waals surface area contributed by atoms with Gasteiger partial charge >= 0.3 is 0 Å². The van der Waals surface area contributed by atoms with Crippen LogP contribution in [-0.4, -0.2) is 50.1 Å². The Morgan fingerprint density at radius 1 is 1.26 bits per heavy atom. The van der Waals surface area contributed by atoms with E-state index in [1.165, 1.54) is 16.6 Å². The van der Waals surface area contributed by atoms with Crippen LogP contribution in [0.15, 0.2) is 18.2 Å². The Balaban J connectivity index is 2.00. The predicted molar refractivity (Wildman–Crippen MR) is 73.1 cm³/mol. The molecule has 0 saturated carbocycles. The third-order valence-electron chi connectivity index (χ3n) is 3.24. The molecule has 0 amide bonds. The van der Waals surface area contributed by atoms with Gasteiger partial charge in [-0.15, -0.1) is 0 Å². The second kappa shape index (κ2) is 5.75. The molecular formula is C12H16ClFN2O2S. The zero-order valence-electron chi connectivity index (χ0n) is 10.6. The Kier molecular flexibility index (Phi) is 4.45. The van der Waals surface area contributed by atoms with Gasteiger partial charge in [-0.2, -0.15) is 4.31 Å². The topological polar surface area (TPSA) is 40.6 Å². The summed E-state index contributed by atoms with van der Waals surface area (Å²) in [5.41, 5.74) is 0.469. The normalized spacial score (nSPS) is 18.7. The van der Waals surface area contributed by atoms with Gasteiger partial charge in [0.2, 0.25) is 10.0 Å². The fourth-order valence-electron chi connectivity index (χ4n) is 2.13. The van der Waals surface area contributed by atoms with Crippen molar-refractivity contribution in [1.29, 1.82) is 0 Å². The van der Waals surface area contributed by atoms with Crippen LogP contribution in [0.2, 0.25) is 5.02 Å². The van der Waals surface area contributed by atoms with E-state index in [2.05, 4.69) is 0 Å². The fraction of sp³-hybridized carbons (Fsp3) is 0.500. The summed E-state index contributed by atoms with van der Waals surface area (Å²) in [5.74, 6) is -0.321. The minimum absolute atomic E-state index is 0.321. The number of piperazine rings is 1. The molecular weight excluding hydrogens is 291 g/mol. The maximum absolute atomic E-state index is 13.7. The predicted octanol–water partition coefficient (Wildman–Crippen LogP) is 1.56. The summed E-state index contributed by atoms with van der Waals surface area (Å²) >= 11 is 5.98. The Labute approximate surface area is 117 Å². The number of halogens is 2. The van der Waals surface area contributed by atoms with Crippen molar-refractivity contribution in [2.45, 2.75) is 6.54 Å². The van der Waals surface area contributed by atoms with Crippen molar-refractivity contribution in [3.8, 4) is 0 Å². The molecule has 0 unspecified atom stereocenters. The zero-order valence-corrected chi connectivity index (χ0v) is 12.2.